The fraction of sp³-hybridized carbons (Fsp3) is 0.300. The number of non-ortho nitro benzene ring substituents is 1. The molecule has 7 heteroatoms. The lowest BCUT2D eigenvalue weighted by Crippen LogP contribution is -2.31. The van der Waals surface area contributed by atoms with Gasteiger partial charge in [0.15, 0.2) is 0 Å². The van der Waals surface area contributed by atoms with E-state index in [2.05, 4.69) is 5.10 Å². The van der Waals surface area contributed by atoms with E-state index in [0.717, 1.165) is 41.0 Å². The number of rotatable bonds is 3. The van der Waals surface area contributed by atoms with Crippen LogP contribution in [0.2, 0.25) is 0 Å². The number of carbonyl (C=O) groups is 1. The van der Waals surface area contributed by atoms with Gasteiger partial charge in [0.2, 0.25) is 5.91 Å². The number of aryl methyl sites for hydroxylation is 1. The third-order valence-electron chi connectivity index (χ3n) is 5.27. The highest BCUT2D eigenvalue weighted by atomic mass is 16.6. The van der Waals surface area contributed by atoms with Gasteiger partial charge in [-0.05, 0) is 42.2 Å². The van der Waals surface area contributed by atoms with E-state index in [1.54, 1.807) is 19.2 Å². The molecule has 1 aliphatic carbocycles. The van der Waals surface area contributed by atoms with Crippen molar-refractivity contribution in [3.63, 3.8) is 0 Å². The van der Waals surface area contributed by atoms with Gasteiger partial charge in [0, 0.05) is 30.5 Å². The molecule has 1 aliphatic heterocycles. The van der Waals surface area contributed by atoms with E-state index in [1.165, 1.54) is 18.0 Å². The minimum absolute atomic E-state index is 0.0109. The first kappa shape index (κ1) is 17.2. The molecule has 0 spiro atoms. The zero-order valence-corrected chi connectivity index (χ0v) is 15.1. The molecule has 0 bridgehead atoms. The standard InChI is InChI=1S/C20H19N3O4/c1-12(24)22-20(14-4-3-5-15(10-14)23(25)26)18-8-6-13-11-16(27-2)7-9-17(13)19(18)21-22/h3-5,7,9-11,18,20H,6,8H2,1-2H3/t18-,20+/m0/s1. The number of nitro benzene ring substituents is 1. The highest BCUT2D eigenvalue weighted by Crippen LogP contribution is 2.44. The number of nitro groups is 1. The van der Waals surface area contributed by atoms with E-state index in [-0.39, 0.29) is 23.6 Å². The Balaban J connectivity index is 1.78. The van der Waals surface area contributed by atoms with Gasteiger partial charge in [-0.2, -0.15) is 5.10 Å². The van der Waals surface area contributed by atoms with Crippen molar-refractivity contribution in [2.24, 2.45) is 11.0 Å². The molecule has 0 saturated heterocycles. The van der Waals surface area contributed by atoms with Crippen molar-refractivity contribution in [3.8, 4) is 5.75 Å². The number of hydrogen-bond donors (Lipinski definition) is 0. The molecule has 1 amide bonds. The number of amides is 1. The number of carbonyl (C=O) groups excluding carboxylic acids is 1. The predicted octanol–water partition coefficient (Wildman–Crippen LogP) is 3.47. The summed E-state index contributed by atoms with van der Waals surface area (Å²) in [5.41, 5.74) is 3.79. The Morgan fingerprint density at radius 1 is 1.30 bits per heavy atom. The van der Waals surface area contributed by atoms with Crippen LogP contribution in [0.3, 0.4) is 0 Å². The van der Waals surface area contributed by atoms with Crippen LogP contribution in [0.5, 0.6) is 5.75 Å². The van der Waals surface area contributed by atoms with Gasteiger partial charge in [-0.15, -0.1) is 0 Å². The minimum Gasteiger partial charge on any atom is -0.497 e. The molecular weight excluding hydrogens is 346 g/mol. The van der Waals surface area contributed by atoms with E-state index in [1.807, 2.05) is 24.3 Å². The fourth-order valence-corrected chi connectivity index (χ4v) is 4.05. The molecule has 27 heavy (non-hydrogen) atoms. The van der Waals surface area contributed by atoms with Crippen LogP contribution in [0.1, 0.15) is 36.1 Å². The molecule has 0 saturated carbocycles. The van der Waals surface area contributed by atoms with Crippen LogP contribution in [-0.2, 0) is 11.2 Å². The van der Waals surface area contributed by atoms with E-state index < -0.39 is 4.92 Å². The summed E-state index contributed by atoms with van der Waals surface area (Å²) in [4.78, 5) is 23.0. The Morgan fingerprint density at radius 3 is 2.81 bits per heavy atom. The fourth-order valence-electron chi connectivity index (χ4n) is 4.05. The van der Waals surface area contributed by atoms with E-state index in [9.17, 15) is 14.9 Å². The number of hydrazone groups is 1. The number of ether oxygens (including phenoxy) is 1. The van der Waals surface area contributed by atoms with Gasteiger partial charge >= 0.3 is 0 Å². The van der Waals surface area contributed by atoms with Gasteiger partial charge in [-0.25, -0.2) is 5.01 Å². The molecule has 1 heterocycles. The normalized spacial score (nSPS) is 20.5. The Labute approximate surface area is 156 Å². The van der Waals surface area contributed by atoms with Gasteiger partial charge in [-0.3, -0.25) is 14.9 Å². The van der Waals surface area contributed by atoms with Crippen LogP contribution in [0, 0.1) is 16.0 Å². The Hall–Kier alpha value is -3.22. The summed E-state index contributed by atoms with van der Waals surface area (Å²) < 4.78 is 5.31. The quantitative estimate of drug-likeness (QED) is 0.616. The third-order valence-corrected chi connectivity index (χ3v) is 5.27. The smallest absolute Gasteiger partial charge is 0.269 e. The summed E-state index contributed by atoms with van der Waals surface area (Å²) in [6.45, 7) is 1.47. The number of nitrogens with zero attached hydrogens (tertiary/aromatic N) is 3. The topological polar surface area (TPSA) is 85.0 Å². The summed E-state index contributed by atoms with van der Waals surface area (Å²) in [6.07, 6.45) is 1.66. The maximum absolute atomic E-state index is 12.3. The van der Waals surface area contributed by atoms with Crippen LogP contribution in [0.4, 0.5) is 5.69 Å². The summed E-state index contributed by atoms with van der Waals surface area (Å²) >= 11 is 0. The van der Waals surface area contributed by atoms with Crippen molar-refractivity contribution in [2.45, 2.75) is 25.8 Å². The lowest BCUT2D eigenvalue weighted by Gasteiger charge is -2.29. The van der Waals surface area contributed by atoms with Crippen molar-refractivity contribution in [2.75, 3.05) is 7.11 Å². The molecule has 2 atom stereocenters. The van der Waals surface area contributed by atoms with E-state index in [4.69, 9.17) is 4.74 Å². The third kappa shape index (κ3) is 2.85. The second kappa shape index (κ2) is 6.50. The number of methoxy groups -OCH3 is 1. The maximum Gasteiger partial charge on any atom is 0.269 e. The lowest BCUT2D eigenvalue weighted by molar-refractivity contribution is -0.385. The van der Waals surface area contributed by atoms with Crippen molar-refractivity contribution >= 4 is 17.3 Å². The van der Waals surface area contributed by atoms with Crippen molar-refractivity contribution < 1.29 is 14.5 Å². The Bertz CT molecular complexity index is 969. The molecule has 4 rings (SSSR count). The van der Waals surface area contributed by atoms with Crippen LogP contribution in [-0.4, -0.2) is 28.7 Å². The van der Waals surface area contributed by atoms with E-state index in [0.29, 0.717) is 0 Å². The second-order valence-corrected chi connectivity index (χ2v) is 6.81. The minimum atomic E-state index is -0.416. The van der Waals surface area contributed by atoms with Gasteiger partial charge in [0.05, 0.1) is 23.8 Å². The molecule has 0 aromatic heterocycles. The lowest BCUT2D eigenvalue weighted by atomic mass is 9.77. The first-order valence-electron chi connectivity index (χ1n) is 8.79. The largest absolute Gasteiger partial charge is 0.497 e. The van der Waals surface area contributed by atoms with Crippen LogP contribution in [0.25, 0.3) is 0 Å². The molecule has 0 unspecified atom stereocenters. The zero-order chi connectivity index (χ0) is 19.1. The monoisotopic (exact) mass is 365 g/mol. The first-order valence-corrected chi connectivity index (χ1v) is 8.79. The molecular formula is C20H19N3O4. The van der Waals surface area contributed by atoms with Crippen LogP contribution in [0.15, 0.2) is 47.6 Å². The zero-order valence-electron chi connectivity index (χ0n) is 15.1. The van der Waals surface area contributed by atoms with Crippen LogP contribution < -0.4 is 4.74 Å². The van der Waals surface area contributed by atoms with Gasteiger partial charge in [0.1, 0.15) is 5.75 Å². The average Bonchev–Trinajstić information content (AvgIpc) is 3.07. The number of hydrogen-bond acceptors (Lipinski definition) is 5. The maximum atomic E-state index is 12.3. The summed E-state index contributed by atoms with van der Waals surface area (Å²) in [5, 5.41) is 17.3. The SMILES string of the molecule is COc1ccc2c(c1)CC[C@H]1C2=NN(C(C)=O)[C@@H]1c1cccc([N+](=O)[O-])c1. The second-order valence-electron chi connectivity index (χ2n) is 6.81. The predicted molar refractivity (Wildman–Crippen MR) is 99.7 cm³/mol. The molecule has 0 N–H and O–H groups in total. The molecule has 2 aliphatic rings. The Morgan fingerprint density at radius 2 is 2.11 bits per heavy atom. The summed E-state index contributed by atoms with van der Waals surface area (Å²) in [7, 11) is 1.64. The van der Waals surface area contributed by atoms with Gasteiger partial charge in [-0.1, -0.05) is 12.1 Å². The van der Waals surface area contributed by atoms with Gasteiger partial charge < -0.3 is 4.74 Å². The summed E-state index contributed by atoms with van der Waals surface area (Å²) in [6, 6.07) is 12.0. The average molecular weight is 365 g/mol. The highest BCUT2D eigenvalue weighted by molar-refractivity contribution is 6.06. The van der Waals surface area contributed by atoms with Crippen LogP contribution >= 0.6 is 0 Å². The highest BCUT2D eigenvalue weighted by Gasteiger charge is 2.43. The van der Waals surface area contributed by atoms with Crippen molar-refractivity contribution in [3.05, 3.63) is 69.3 Å². The van der Waals surface area contributed by atoms with Gasteiger partial charge in [0.25, 0.3) is 5.69 Å². The van der Waals surface area contributed by atoms with Crippen molar-refractivity contribution in [1.29, 1.82) is 0 Å². The van der Waals surface area contributed by atoms with E-state index >= 15 is 0 Å². The van der Waals surface area contributed by atoms with Crippen molar-refractivity contribution in [1.82, 2.24) is 5.01 Å². The Kier molecular flexibility index (Phi) is 4.14. The number of fused-ring (bicyclic) bond motifs is 3. The molecule has 0 radical (unpaired) electrons. The number of benzene rings is 2. The summed E-state index contributed by atoms with van der Waals surface area (Å²) in [5.74, 6) is 0.629. The molecule has 2 aromatic carbocycles. The first-order chi connectivity index (χ1) is 13.0. The molecule has 138 valence electrons. The molecule has 7 nitrogen and oxygen atoms in total. The molecule has 2 aromatic rings. The molecule has 0 fully saturated rings.